The molecular weight excluding hydrogens is 1050 g/mol. The molecule has 0 saturated carbocycles. The lowest BCUT2D eigenvalue weighted by Gasteiger charge is -2.46. The second-order valence-corrected chi connectivity index (χ2v) is 24.4. The predicted octanol–water partition coefficient (Wildman–Crippen LogP) is 11.0. The number of carbonyl (C=O) groups is 4. The number of benzene rings is 6. The summed E-state index contributed by atoms with van der Waals surface area (Å²) in [7, 11) is 0. The third-order valence-electron chi connectivity index (χ3n) is 15.1. The standard InChI is InChI=1S/C42H51N3O4.C28H39N3O4.H2/c1-5-16-32-23-15-24-36(27-32)28-37(44(30-34-19-11-7-12-20-34)31-35-21-13-8-14-22-35)39(46)38-40(47)43(29-33-17-9-6-10-18-33)25-26-45(38)41(48)49-42(2,3)4;1-5-10-20-13-9-14-22(17-20)18-23(29)25(32)24-26(33)30(19-21-11-7-6-8-12-21)15-16-31(24)27(34)35-28(2,3)4;/h6-15,17-24,27,37-39,46H,5,16,25-26,28-31H2,1-4H3;6-9,11-14,17,23-25,32H,5,10,15-16,18-19,29H2,1-4H3;1H/t37-,38-,39-;23-,24-,25-;/m00./s1. The molecule has 14 nitrogen and oxygen atoms in total. The van der Waals surface area contributed by atoms with E-state index in [-0.39, 0.29) is 26.3 Å². The molecule has 2 saturated heterocycles. The lowest BCUT2D eigenvalue weighted by molar-refractivity contribution is -0.150. The molecule has 14 heteroatoms. The van der Waals surface area contributed by atoms with E-state index in [1.807, 2.05) is 130 Å². The molecule has 2 heterocycles. The molecule has 0 aromatic heterocycles. The van der Waals surface area contributed by atoms with Crippen LogP contribution in [0.4, 0.5) is 9.59 Å². The number of aliphatic hydroxyl groups excluding tert-OH is 2. The summed E-state index contributed by atoms with van der Waals surface area (Å²) >= 11 is 0. The van der Waals surface area contributed by atoms with E-state index in [0.29, 0.717) is 52.1 Å². The summed E-state index contributed by atoms with van der Waals surface area (Å²) in [5.41, 5.74) is 13.7. The third kappa shape index (κ3) is 18.8. The van der Waals surface area contributed by atoms with Gasteiger partial charge in [0.1, 0.15) is 23.3 Å². The second kappa shape index (κ2) is 30.4. The molecule has 84 heavy (non-hydrogen) atoms. The van der Waals surface area contributed by atoms with E-state index in [4.69, 9.17) is 15.2 Å². The minimum atomic E-state index is -1.25. The smallest absolute Gasteiger partial charge is 0.411 e. The minimum absolute atomic E-state index is 0. The number of ether oxygens (including phenoxy) is 2. The molecule has 0 bridgehead atoms. The van der Waals surface area contributed by atoms with Crippen LogP contribution in [0, 0.1) is 0 Å². The number of amides is 4. The first-order valence-electron chi connectivity index (χ1n) is 29.9. The van der Waals surface area contributed by atoms with Crippen LogP contribution in [0.15, 0.2) is 170 Å². The van der Waals surface area contributed by atoms with Gasteiger partial charge < -0.3 is 35.2 Å². The van der Waals surface area contributed by atoms with Gasteiger partial charge in [0.25, 0.3) is 0 Å². The molecule has 2 aliphatic heterocycles. The molecule has 2 aliphatic rings. The van der Waals surface area contributed by atoms with Crippen molar-refractivity contribution in [1.82, 2.24) is 24.5 Å². The molecule has 8 rings (SSSR count). The Kier molecular flexibility index (Phi) is 23.3. The Morgan fingerprint density at radius 1 is 0.512 bits per heavy atom. The highest BCUT2D eigenvalue weighted by Gasteiger charge is 2.48. The van der Waals surface area contributed by atoms with Crippen molar-refractivity contribution in [3.8, 4) is 0 Å². The van der Waals surface area contributed by atoms with Gasteiger partial charge in [-0.3, -0.25) is 24.3 Å². The Bertz CT molecular complexity index is 2970. The molecule has 0 spiro atoms. The van der Waals surface area contributed by atoms with Crippen molar-refractivity contribution >= 4 is 24.0 Å². The summed E-state index contributed by atoms with van der Waals surface area (Å²) in [5.74, 6) is -0.605. The van der Waals surface area contributed by atoms with E-state index < -0.39 is 59.8 Å². The van der Waals surface area contributed by atoms with Gasteiger partial charge in [-0.25, -0.2) is 9.59 Å². The highest BCUT2D eigenvalue weighted by molar-refractivity contribution is 5.88. The van der Waals surface area contributed by atoms with Gasteiger partial charge in [-0.2, -0.15) is 0 Å². The molecule has 6 atom stereocenters. The van der Waals surface area contributed by atoms with Crippen molar-refractivity contribution in [3.05, 3.63) is 214 Å². The summed E-state index contributed by atoms with van der Waals surface area (Å²) in [5, 5.41) is 24.1. The first-order valence-corrected chi connectivity index (χ1v) is 29.9. The van der Waals surface area contributed by atoms with E-state index in [1.165, 1.54) is 20.9 Å². The molecule has 0 unspecified atom stereocenters. The van der Waals surface area contributed by atoms with Crippen molar-refractivity contribution in [2.75, 3.05) is 26.2 Å². The van der Waals surface area contributed by atoms with Crippen LogP contribution in [0.2, 0.25) is 0 Å². The topological polar surface area (TPSA) is 169 Å². The van der Waals surface area contributed by atoms with E-state index >= 15 is 0 Å². The summed E-state index contributed by atoms with van der Waals surface area (Å²) in [6, 6.07) is 53.1. The number of aliphatic hydroxyl groups is 2. The zero-order valence-corrected chi connectivity index (χ0v) is 50.7. The molecular formula is C70H92N6O8. The van der Waals surface area contributed by atoms with Crippen LogP contribution in [0.5, 0.6) is 0 Å². The minimum Gasteiger partial charge on any atom is -0.444 e. The molecule has 6 aromatic rings. The van der Waals surface area contributed by atoms with Crippen molar-refractivity contribution in [3.63, 3.8) is 0 Å². The van der Waals surface area contributed by atoms with Crippen LogP contribution in [0.1, 0.15) is 114 Å². The summed E-state index contributed by atoms with van der Waals surface area (Å²) < 4.78 is 11.4. The number of aryl methyl sites for hydroxylation is 2. The summed E-state index contributed by atoms with van der Waals surface area (Å²) in [6.45, 7) is 18.2. The summed E-state index contributed by atoms with van der Waals surface area (Å²) in [4.78, 5) is 63.5. The van der Waals surface area contributed by atoms with Gasteiger partial charge in [0.05, 0.1) is 12.2 Å². The summed E-state index contributed by atoms with van der Waals surface area (Å²) in [6.07, 6.45) is 1.20. The number of carbonyl (C=O) groups excluding carboxylic acids is 4. The maximum Gasteiger partial charge on any atom is 0.411 e. The average Bonchev–Trinajstić information content (AvgIpc) is 2.36. The Hall–Kier alpha value is -7.36. The highest BCUT2D eigenvalue weighted by atomic mass is 16.6. The first kappa shape index (κ1) is 64.2. The van der Waals surface area contributed by atoms with Crippen LogP contribution < -0.4 is 5.73 Å². The molecule has 0 aliphatic carbocycles. The highest BCUT2D eigenvalue weighted by Crippen LogP contribution is 2.29. The quantitative estimate of drug-likeness (QED) is 0.0630. The van der Waals surface area contributed by atoms with Crippen LogP contribution in [-0.2, 0) is 70.9 Å². The van der Waals surface area contributed by atoms with Gasteiger partial charge in [0, 0.05) is 65.9 Å². The van der Waals surface area contributed by atoms with Crippen molar-refractivity contribution < 1.29 is 40.3 Å². The zero-order valence-electron chi connectivity index (χ0n) is 50.7. The molecule has 450 valence electrons. The Morgan fingerprint density at radius 2 is 0.857 bits per heavy atom. The zero-order chi connectivity index (χ0) is 60.4. The number of hydrogen-bond acceptors (Lipinski definition) is 10. The average molecular weight is 1150 g/mol. The Morgan fingerprint density at radius 3 is 1.24 bits per heavy atom. The van der Waals surface area contributed by atoms with Gasteiger partial charge in [-0.15, -0.1) is 0 Å². The SMILES string of the molecule is CCCc1cccc(C[C@@H]([C@H](O)[C@H]2C(=O)N(Cc3ccccc3)CCN2C(=O)OC(C)(C)C)N(Cc2ccccc2)Cc2ccccc2)c1.CCCc1cccc(C[C@H](N)[C@H](O)[C@H]2C(=O)N(Cc3ccccc3)CCN2C(=O)OC(C)(C)C)c1.[HH]. The third-order valence-corrected chi connectivity index (χ3v) is 15.1. The normalized spacial score (nSPS) is 17.2. The Labute approximate surface area is 500 Å². The van der Waals surface area contributed by atoms with Crippen LogP contribution in [0.3, 0.4) is 0 Å². The molecule has 2 fully saturated rings. The molecule has 4 amide bonds. The number of rotatable bonds is 21. The maximum atomic E-state index is 14.6. The van der Waals surface area contributed by atoms with E-state index in [1.54, 1.807) is 30.6 Å². The van der Waals surface area contributed by atoms with Gasteiger partial charge >= 0.3 is 12.2 Å². The van der Waals surface area contributed by atoms with Crippen molar-refractivity contribution in [2.24, 2.45) is 5.73 Å². The van der Waals surface area contributed by atoms with E-state index in [2.05, 4.69) is 79.4 Å². The fraction of sp³-hybridized carbons (Fsp3) is 0.429. The lowest BCUT2D eigenvalue weighted by atomic mass is 9.90. The van der Waals surface area contributed by atoms with E-state index in [0.717, 1.165) is 59.1 Å². The first-order chi connectivity index (χ1) is 40.2. The number of nitrogens with two attached hydrogens (primary N) is 1. The monoisotopic (exact) mass is 1140 g/mol. The van der Waals surface area contributed by atoms with Crippen molar-refractivity contribution in [2.45, 2.75) is 168 Å². The number of piperazine rings is 2. The Balaban J connectivity index is 0.000000284. The lowest BCUT2D eigenvalue weighted by Crippen LogP contribution is -2.66. The predicted molar refractivity (Wildman–Crippen MR) is 333 cm³/mol. The second-order valence-electron chi connectivity index (χ2n) is 24.4. The van der Waals surface area contributed by atoms with Gasteiger partial charge in [-0.1, -0.05) is 197 Å². The van der Waals surface area contributed by atoms with Crippen LogP contribution in [-0.4, -0.2) is 132 Å². The maximum absolute atomic E-state index is 14.6. The van der Waals surface area contributed by atoms with Gasteiger partial charge in [-0.05, 0) is 112 Å². The molecule has 4 N–H and O–H groups in total. The van der Waals surface area contributed by atoms with E-state index in [9.17, 15) is 29.4 Å². The number of nitrogens with zero attached hydrogens (tertiary/aromatic N) is 5. The largest absolute Gasteiger partial charge is 0.444 e. The van der Waals surface area contributed by atoms with Gasteiger partial charge in [0.15, 0.2) is 0 Å². The number of hydrogen-bond donors (Lipinski definition) is 3. The van der Waals surface area contributed by atoms with Gasteiger partial charge in [0.2, 0.25) is 11.8 Å². The van der Waals surface area contributed by atoms with Crippen LogP contribution in [0.25, 0.3) is 0 Å². The molecule has 0 radical (unpaired) electrons. The fourth-order valence-electron chi connectivity index (χ4n) is 11.1. The molecule has 6 aromatic carbocycles. The fourth-order valence-corrected chi connectivity index (χ4v) is 11.1. The van der Waals surface area contributed by atoms with Crippen molar-refractivity contribution in [1.29, 1.82) is 0 Å². The van der Waals surface area contributed by atoms with Crippen LogP contribution >= 0.6 is 0 Å².